The van der Waals surface area contributed by atoms with E-state index in [0.29, 0.717) is 6.42 Å². The maximum absolute atomic E-state index is 11.2. The number of unbranched alkanes of at least 4 members (excludes halogenated alkanes) is 9. The summed E-state index contributed by atoms with van der Waals surface area (Å²) in [6.07, 6.45) is 12.2. The molecule has 0 aliphatic carbocycles. The summed E-state index contributed by atoms with van der Waals surface area (Å²) in [5.74, 6) is 0. The Morgan fingerprint density at radius 2 is 1.14 bits per heavy atom. The van der Waals surface area contributed by atoms with Crippen molar-refractivity contribution in [1.82, 2.24) is 0 Å². The normalized spacial score (nSPS) is 11.4. The van der Waals surface area contributed by atoms with E-state index in [0.717, 1.165) is 19.3 Å². The van der Waals surface area contributed by atoms with Crippen molar-refractivity contribution >= 4 is 40.0 Å². The van der Waals surface area contributed by atoms with Crippen molar-refractivity contribution in [2.45, 2.75) is 77.6 Å². The molecular weight excluding hydrogens is 315 g/mol. The van der Waals surface area contributed by atoms with Gasteiger partial charge in [-0.15, -0.1) is 0 Å². The average Bonchev–Trinajstić information content (AvgIpc) is 2.45. The van der Waals surface area contributed by atoms with E-state index in [2.05, 4.69) is 11.1 Å². The Hall–Kier alpha value is 0.830. The first-order chi connectivity index (χ1) is 10.1. The van der Waals surface area contributed by atoms with Gasteiger partial charge in [0.1, 0.15) is 0 Å². The van der Waals surface area contributed by atoms with E-state index in [-0.39, 0.29) is 49.4 Å². The van der Waals surface area contributed by atoms with Crippen LogP contribution in [0, 0.1) is 0 Å². The molecule has 0 aromatic carbocycles. The summed E-state index contributed by atoms with van der Waals surface area (Å²) in [4.78, 5) is 0. The molecule has 0 radical (unpaired) electrons. The van der Waals surface area contributed by atoms with Gasteiger partial charge in [0, 0.05) is 6.61 Å². The van der Waals surface area contributed by atoms with Crippen LogP contribution in [0.15, 0.2) is 0 Å². The molecule has 0 spiro atoms. The predicted octanol–water partition coefficient (Wildman–Crippen LogP) is 2.92. The summed E-state index contributed by atoms with van der Waals surface area (Å²) < 4.78 is 31.7. The molecule has 0 unspecified atom stereocenters. The minimum absolute atomic E-state index is 0. The first-order valence-electron chi connectivity index (χ1n) is 8.27. The number of rotatable bonds is 16. The molecule has 0 aromatic rings. The summed E-state index contributed by atoms with van der Waals surface area (Å²) in [7, 11) is -3.88. The third kappa shape index (κ3) is 18.9. The summed E-state index contributed by atoms with van der Waals surface area (Å²) in [6, 6.07) is 0. The first-order valence-corrected chi connectivity index (χ1v) is 9.60. The van der Waals surface area contributed by atoms with Crippen LogP contribution in [0.5, 0.6) is 0 Å². The molecule has 0 saturated carbocycles. The monoisotopic (exact) mass is 348 g/mol. The Balaban J connectivity index is 0. The van der Waals surface area contributed by atoms with Crippen LogP contribution in [0.2, 0.25) is 0 Å². The second kappa shape index (κ2) is 18.2. The van der Waals surface area contributed by atoms with Crippen LogP contribution in [0.3, 0.4) is 0 Å². The molecule has 0 aromatic heterocycles. The molecule has 0 amide bonds. The summed E-state index contributed by atoms with van der Waals surface area (Å²) in [5, 5.41) is 8.52. The van der Waals surface area contributed by atoms with Gasteiger partial charge in [0.15, 0.2) is 0 Å². The maximum atomic E-state index is 11.2. The summed E-state index contributed by atoms with van der Waals surface area (Å²) in [5.41, 5.74) is 0. The molecule has 5 nitrogen and oxygen atoms in total. The molecule has 7 heteroatoms. The SMILES string of the molecule is CCCCCCCCCCCCOS(=O)(=O)OCCCO.[NaH]. The molecule has 0 rings (SSSR count). The van der Waals surface area contributed by atoms with E-state index >= 15 is 0 Å². The first kappa shape index (κ1) is 25.1. The minimum atomic E-state index is -3.88. The second-order valence-corrected chi connectivity index (χ2v) is 6.60. The average molecular weight is 348 g/mol. The molecule has 0 saturated heterocycles. The molecule has 0 heterocycles. The molecule has 22 heavy (non-hydrogen) atoms. The van der Waals surface area contributed by atoms with Crippen molar-refractivity contribution in [2.24, 2.45) is 0 Å². The molecule has 1 N–H and O–H groups in total. The van der Waals surface area contributed by atoms with E-state index in [1.807, 2.05) is 0 Å². The molecule has 0 aliphatic rings. The fourth-order valence-corrected chi connectivity index (χ4v) is 2.72. The number of hydrogen-bond donors (Lipinski definition) is 1. The van der Waals surface area contributed by atoms with Crippen molar-refractivity contribution in [1.29, 1.82) is 0 Å². The van der Waals surface area contributed by atoms with Gasteiger partial charge in [0.25, 0.3) is 0 Å². The Bertz CT molecular complexity index is 309. The van der Waals surface area contributed by atoms with Crippen molar-refractivity contribution in [2.75, 3.05) is 19.8 Å². The molecule has 0 bridgehead atoms. The Morgan fingerprint density at radius 1 is 0.727 bits per heavy atom. The van der Waals surface area contributed by atoms with Gasteiger partial charge in [-0.2, -0.15) is 8.42 Å². The second-order valence-electron chi connectivity index (χ2n) is 5.31. The van der Waals surface area contributed by atoms with Crippen molar-refractivity contribution < 1.29 is 21.9 Å². The van der Waals surface area contributed by atoms with Crippen LogP contribution < -0.4 is 0 Å². The summed E-state index contributed by atoms with van der Waals surface area (Å²) >= 11 is 0. The fraction of sp³-hybridized carbons (Fsp3) is 1.00. The van der Waals surface area contributed by atoms with Crippen LogP contribution in [0.1, 0.15) is 77.6 Å². The van der Waals surface area contributed by atoms with Crippen molar-refractivity contribution in [3.63, 3.8) is 0 Å². The van der Waals surface area contributed by atoms with Crippen LogP contribution in [-0.4, -0.2) is 62.9 Å². The number of aliphatic hydroxyl groups is 1. The van der Waals surface area contributed by atoms with Gasteiger partial charge in [-0.25, -0.2) is 8.37 Å². The van der Waals surface area contributed by atoms with E-state index in [4.69, 9.17) is 9.29 Å². The predicted molar refractivity (Wildman–Crippen MR) is 91.5 cm³/mol. The van der Waals surface area contributed by atoms with Gasteiger partial charge in [-0.1, -0.05) is 64.7 Å². The zero-order valence-electron chi connectivity index (χ0n) is 13.4. The molecule has 0 atom stereocenters. The van der Waals surface area contributed by atoms with Gasteiger partial charge >= 0.3 is 40.0 Å². The van der Waals surface area contributed by atoms with Crippen molar-refractivity contribution in [3.8, 4) is 0 Å². The fourth-order valence-electron chi connectivity index (χ4n) is 2.01. The number of hydrogen-bond acceptors (Lipinski definition) is 5. The van der Waals surface area contributed by atoms with Crippen LogP contribution >= 0.6 is 0 Å². The Morgan fingerprint density at radius 3 is 1.59 bits per heavy atom. The van der Waals surface area contributed by atoms with Crippen molar-refractivity contribution in [3.05, 3.63) is 0 Å². The van der Waals surface area contributed by atoms with Crippen LogP contribution in [0.4, 0.5) is 0 Å². The van der Waals surface area contributed by atoms with Gasteiger partial charge in [-0.3, -0.25) is 0 Å². The van der Waals surface area contributed by atoms with E-state index < -0.39 is 10.4 Å². The topological polar surface area (TPSA) is 72.8 Å². The quantitative estimate of drug-likeness (QED) is 0.343. The van der Waals surface area contributed by atoms with E-state index in [1.54, 1.807) is 0 Å². The van der Waals surface area contributed by atoms with Gasteiger partial charge < -0.3 is 5.11 Å². The Kier molecular flexibility index (Phi) is 20.7. The van der Waals surface area contributed by atoms with E-state index in [9.17, 15) is 8.42 Å². The summed E-state index contributed by atoms with van der Waals surface area (Å²) in [6.45, 7) is 2.28. The van der Waals surface area contributed by atoms with E-state index in [1.165, 1.54) is 44.9 Å². The third-order valence-corrected chi connectivity index (χ3v) is 4.17. The molecule has 0 aliphatic heterocycles. The third-order valence-electron chi connectivity index (χ3n) is 3.26. The standard InChI is InChI=1S/C15H32O5S.Na.H/c1-2-3-4-5-6-7-8-9-10-11-14-19-21(17,18)20-15-12-13-16;;/h16H,2-15H2,1H3;;. The zero-order chi connectivity index (χ0) is 15.8. The zero-order valence-corrected chi connectivity index (χ0v) is 14.2. The van der Waals surface area contributed by atoms with Crippen LogP contribution in [-0.2, 0) is 18.8 Å². The Labute approximate surface area is 158 Å². The molecule has 130 valence electrons. The molecular formula is C15H33NaO5S. The van der Waals surface area contributed by atoms with Crippen LogP contribution in [0.25, 0.3) is 0 Å². The van der Waals surface area contributed by atoms with Gasteiger partial charge in [-0.05, 0) is 12.8 Å². The number of aliphatic hydroxyl groups excluding tert-OH is 1. The molecule has 0 fully saturated rings. The van der Waals surface area contributed by atoms with Gasteiger partial charge in [0.2, 0.25) is 0 Å². The van der Waals surface area contributed by atoms with Gasteiger partial charge in [0.05, 0.1) is 13.2 Å².